The van der Waals surface area contributed by atoms with Gasteiger partial charge in [-0.15, -0.1) is 0 Å². The average molecular weight is 330 g/mol. The molecule has 0 heterocycles. The van der Waals surface area contributed by atoms with Crippen LogP contribution in [0.25, 0.3) is 0 Å². The van der Waals surface area contributed by atoms with E-state index in [1.165, 1.54) is 68.7 Å². The van der Waals surface area contributed by atoms with Crippen LogP contribution in [0.1, 0.15) is 57.4 Å². The van der Waals surface area contributed by atoms with Gasteiger partial charge in [-0.3, -0.25) is 0 Å². The lowest BCUT2D eigenvalue weighted by atomic mass is 10.0. The minimum absolute atomic E-state index is 0.0880. The second-order valence-corrected chi connectivity index (χ2v) is 6.06. The second-order valence-electron chi connectivity index (χ2n) is 6.06. The summed E-state index contributed by atoms with van der Waals surface area (Å²) in [6, 6.07) is 13.4. The van der Waals surface area contributed by atoms with Crippen LogP contribution in [0.5, 0.6) is 17.2 Å². The minimum atomic E-state index is 0.0880. The molecule has 3 heteroatoms. The smallest absolute Gasteiger partial charge is 0.119 e. The second kappa shape index (κ2) is 12.3. The number of rotatable bonds is 8. The zero-order valence-corrected chi connectivity index (χ0v) is 14.6. The molecule has 0 spiro atoms. The van der Waals surface area contributed by atoms with Crippen LogP contribution >= 0.6 is 0 Å². The first-order valence-corrected chi connectivity index (χ1v) is 8.87. The van der Waals surface area contributed by atoms with Gasteiger partial charge in [0.1, 0.15) is 17.2 Å². The van der Waals surface area contributed by atoms with Crippen molar-refractivity contribution in [3.8, 4) is 17.2 Å². The molecule has 3 nitrogen and oxygen atoms in total. The van der Waals surface area contributed by atoms with Gasteiger partial charge in [-0.05, 0) is 42.7 Å². The van der Waals surface area contributed by atoms with E-state index >= 15 is 0 Å². The Kier molecular flexibility index (Phi) is 10.2. The van der Waals surface area contributed by atoms with Gasteiger partial charge in [0.2, 0.25) is 0 Å². The fourth-order valence-electron chi connectivity index (χ4n) is 2.44. The molecular formula is C21H30O3. The maximum atomic E-state index is 9.15. The van der Waals surface area contributed by atoms with Crippen molar-refractivity contribution in [1.29, 1.82) is 0 Å². The Hall–Kier alpha value is -2.16. The van der Waals surface area contributed by atoms with E-state index in [0.717, 1.165) is 6.42 Å². The van der Waals surface area contributed by atoms with Gasteiger partial charge in [-0.25, -0.2) is 0 Å². The predicted molar refractivity (Wildman–Crippen MR) is 99.6 cm³/mol. The summed E-state index contributed by atoms with van der Waals surface area (Å²) in [6.45, 7) is 2.25. The van der Waals surface area contributed by atoms with Crippen molar-refractivity contribution in [2.24, 2.45) is 0 Å². The van der Waals surface area contributed by atoms with Gasteiger partial charge in [0.25, 0.3) is 0 Å². The number of hydrogen-bond donors (Lipinski definition) is 3. The molecular weight excluding hydrogens is 300 g/mol. The minimum Gasteiger partial charge on any atom is -0.508 e. The third-order valence-corrected chi connectivity index (χ3v) is 3.84. The molecule has 2 aromatic rings. The summed E-state index contributed by atoms with van der Waals surface area (Å²) >= 11 is 0. The Morgan fingerprint density at radius 2 is 1.17 bits per heavy atom. The fourth-order valence-corrected chi connectivity index (χ4v) is 2.44. The van der Waals surface area contributed by atoms with E-state index in [1.807, 2.05) is 12.1 Å². The molecule has 0 fully saturated rings. The van der Waals surface area contributed by atoms with Gasteiger partial charge in [-0.1, -0.05) is 63.6 Å². The molecule has 0 unspecified atom stereocenters. The molecule has 2 aromatic carbocycles. The lowest BCUT2D eigenvalue weighted by molar-refractivity contribution is 0.450. The molecule has 0 atom stereocenters. The van der Waals surface area contributed by atoms with Gasteiger partial charge in [0.05, 0.1) is 0 Å². The number of aromatic hydroxyl groups is 3. The first-order valence-electron chi connectivity index (χ1n) is 8.87. The molecule has 3 N–H and O–H groups in total. The summed E-state index contributed by atoms with van der Waals surface area (Å²) in [5.74, 6) is 0.540. The number of benzene rings is 2. The van der Waals surface area contributed by atoms with E-state index in [1.54, 1.807) is 18.2 Å². The van der Waals surface area contributed by atoms with Gasteiger partial charge >= 0.3 is 0 Å². The van der Waals surface area contributed by atoms with Crippen LogP contribution in [-0.2, 0) is 6.42 Å². The molecule has 24 heavy (non-hydrogen) atoms. The highest BCUT2D eigenvalue weighted by atomic mass is 16.3. The van der Waals surface area contributed by atoms with Crippen molar-refractivity contribution in [3.63, 3.8) is 0 Å². The molecule has 0 bridgehead atoms. The van der Waals surface area contributed by atoms with Crippen molar-refractivity contribution < 1.29 is 15.3 Å². The first-order chi connectivity index (χ1) is 11.6. The number of aryl methyl sites for hydroxylation is 1. The van der Waals surface area contributed by atoms with E-state index in [2.05, 4.69) is 6.92 Å². The molecule has 0 aliphatic heterocycles. The molecule has 0 aliphatic rings. The molecule has 0 aromatic heterocycles. The third kappa shape index (κ3) is 9.78. The molecule has 0 radical (unpaired) electrons. The van der Waals surface area contributed by atoms with Crippen LogP contribution in [-0.4, -0.2) is 15.3 Å². The van der Waals surface area contributed by atoms with Gasteiger partial charge < -0.3 is 15.3 Å². The van der Waals surface area contributed by atoms with E-state index < -0.39 is 0 Å². The number of unbranched alkanes of at least 4 members (excludes halogenated alkanes) is 6. The fraction of sp³-hybridized carbons (Fsp3) is 0.429. The molecule has 0 aliphatic carbocycles. The van der Waals surface area contributed by atoms with Gasteiger partial charge in [0, 0.05) is 6.07 Å². The lowest BCUT2D eigenvalue weighted by Crippen LogP contribution is -1.85. The lowest BCUT2D eigenvalue weighted by Gasteiger charge is -2.02. The number of phenols is 3. The van der Waals surface area contributed by atoms with E-state index in [9.17, 15) is 0 Å². The Morgan fingerprint density at radius 1 is 0.625 bits per heavy atom. The Bertz CT molecular complexity index is 532. The van der Waals surface area contributed by atoms with Crippen molar-refractivity contribution in [1.82, 2.24) is 0 Å². The van der Waals surface area contributed by atoms with Gasteiger partial charge in [0.15, 0.2) is 0 Å². The summed E-state index contributed by atoms with van der Waals surface area (Å²) in [4.78, 5) is 0. The molecule has 0 saturated heterocycles. The standard InChI is InChI=1S/C15H24O.C6H6O2/c1-2-3-4-5-6-7-8-9-14-10-12-15(16)13-11-14;7-5-2-1-3-6(8)4-5/h10-13,16H,2-9H2,1H3;1-4,7-8H. The SMILES string of the molecule is CCCCCCCCCc1ccc(O)cc1.Oc1cccc(O)c1. The highest BCUT2D eigenvalue weighted by molar-refractivity contribution is 5.30. The number of phenolic OH excluding ortho intramolecular Hbond substituents is 3. The van der Waals surface area contributed by atoms with E-state index in [4.69, 9.17) is 15.3 Å². The monoisotopic (exact) mass is 330 g/mol. The Labute approximate surface area is 145 Å². The van der Waals surface area contributed by atoms with Crippen LogP contribution in [0.3, 0.4) is 0 Å². The Balaban J connectivity index is 0.000000300. The zero-order valence-electron chi connectivity index (χ0n) is 14.6. The van der Waals surface area contributed by atoms with Crippen molar-refractivity contribution in [2.45, 2.75) is 58.3 Å². The molecule has 132 valence electrons. The van der Waals surface area contributed by atoms with E-state index in [-0.39, 0.29) is 11.5 Å². The van der Waals surface area contributed by atoms with Crippen LogP contribution in [0.2, 0.25) is 0 Å². The third-order valence-electron chi connectivity index (χ3n) is 3.84. The average Bonchev–Trinajstić information content (AvgIpc) is 2.56. The Morgan fingerprint density at radius 3 is 1.67 bits per heavy atom. The zero-order chi connectivity index (χ0) is 17.6. The van der Waals surface area contributed by atoms with Crippen molar-refractivity contribution in [2.75, 3.05) is 0 Å². The summed E-state index contributed by atoms with van der Waals surface area (Å²) in [5, 5.41) is 26.5. The first kappa shape index (κ1) is 19.9. The van der Waals surface area contributed by atoms with E-state index in [0.29, 0.717) is 5.75 Å². The highest BCUT2D eigenvalue weighted by Gasteiger charge is 1.94. The summed E-state index contributed by atoms with van der Waals surface area (Å²) in [5.41, 5.74) is 1.34. The quantitative estimate of drug-likeness (QED) is 0.537. The normalized spacial score (nSPS) is 10.0. The summed E-state index contributed by atoms with van der Waals surface area (Å²) < 4.78 is 0. The van der Waals surface area contributed by atoms with Crippen LogP contribution in [0.4, 0.5) is 0 Å². The molecule has 2 rings (SSSR count). The highest BCUT2D eigenvalue weighted by Crippen LogP contribution is 2.15. The summed E-state index contributed by atoms with van der Waals surface area (Å²) in [6.07, 6.45) is 10.6. The predicted octanol–water partition coefficient (Wildman–Crippen LogP) is 5.78. The van der Waals surface area contributed by atoms with Crippen LogP contribution in [0, 0.1) is 0 Å². The molecule has 0 saturated carbocycles. The topological polar surface area (TPSA) is 60.7 Å². The van der Waals surface area contributed by atoms with Crippen LogP contribution in [0.15, 0.2) is 48.5 Å². The summed E-state index contributed by atoms with van der Waals surface area (Å²) in [7, 11) is 0. The van der Waals surface area contributed by atoms with Gasteiger partial charge in [-0.2, -0.15) is 0 Å². The maximum Gasteiger partial charge on any atom is 0.119 e. The maximum absolute atomic E-state index is 9.15. The number of hydrogen-bond acceptors (Lipinski definition) is 3. The largest absolute Gasteiger partial charge is 0.508 e. The molecule has 0 amide bonds. The van der Waals surface area contributed by atoms with Crippen molar-refractivity contribution in [3.05, 3.63) is 54.1 Å². The van der Waals surface area contributed by atoms with Crippen molar-refractivity contribution >= 4 is 0 Å². The van der Waals surface area contributed by atoms with Crippen LogP contribution < -0.4 is 0 Å².